The number of hydrogen-bond acceptors (Lipinski definition) is 5. The number of benzene rings is 1. The maximum Gasteiger partial charge on any atom is 0.226 e. The van der Waals surface area contributed by atoms with Crippen LogP contribution in [-0.2, 0) is 13.1 Å². The number of aromatic nitrogens is 2. The lowest BCUT2D eigenvalue weighted by Crippen LogP contribution is -2.07. The molecule has 0 saturated carbocycles. The van der Waals surface area contributed by atoms with Gasteiger partial charge in [-0.1, -0.05) is 19.1 Å². The molecule has 2 rings (SSSR count). The Morgan fingerprint density at radius 3 is 2.90 bits per heavy atom. The minimum Gasteiger partial charge on any atom is -0.478 e. The Hall–Kier alpha value is -2.21. The van der Waals surface area contributed by atoms with Crippen molar-refractivity contribution < 1.29 is 9.13 Å². The van der Waals surface area contributed by atoms with Crippen molar-refractivity contribution in [2.24, 2.45) is 5.73 Å². The van der Waals surface area contributed by atoms with Gasteiger partial charge in [-0.3, -0.25) is 0 Å². The summed E-state index contributed by atoms with van der Waals surface area (Å²) in [4.78, 5) is 8.28. The molecule has 0 amide bonds. The summed E-state index contributed by atoms with van der Waals surface area (Å²) in [5, 5.41) is 2.98. The van der Waals surface area contributed by atoms with Crippen molar-refractivity contribution in [3.8, 4) is 5.88 Å². The number of nitrogens with zero attached hydrogens (tertiary/aromatic N) is 2. The predicted molar refractivity (Wildman–Crippen MR) is 79.4 cm³/mol. The first-order valence-electron chi connectivity index (χ1n) is 6.90. The van der Waals surface area contributed by atoms with E-state index < -0.39 is 0 Å². The molecule has 0 aliphatic rings. The maximum absolute atomic E-state index is 13.8. The van der Waals surface area contributed by atoms with E-state index >= 15 is 0 Å². The van der Waals surface area contributed by atoms with Gasteiger partial charge in [0, 0.05) is 30.9 Å². The van der Waals surface area contributed by atoms with Gasteiger partial charge in [0.25, 0.3) is 0 Å². The molecule has 3 N–H and O–H groups in total. The summed E-state index contributed by atoms with van der Waals surface area (Å²) in [6, 6.07) is 6.65. The van der Waals surface area contributed by atoms with Crippen molar-refractivity contribution >= 4 is 5.95 Å². The lowest BCUT2D eigenvalue weighted by atomic mass is 10.1. The van der Waals surface area contributed by atoms with Gasteiger partial charge in [-0.15, -0.1) is 0 Å². The monoisotopic (exact) mass is 290 g/mol. The lowest BCUT2D eigenvalue weighted by molar-refractivity contribution is 0.305. The summed E-state index contributed by atoms with van der Waals surface area (Å²) in [5.41, 5.74) is 6.78. The van der Waals surface area contributed by atoms with Crippen molar-refractivity contribution in [2.75, 3.05) is 11.9 Å². The first-order chi connectivity index (χ1) is 10.2. The summed E-state index contributed by atoms with van der Waals surface area (Å²) in [6.45, 7) is 3.25. The maximum atomic E-state index is 13.8. The normalized spacial score (nSPS) is 10.4. The standard InChI is InChI=1S/C15H19FN4O/c1-2-7-21-14-5-6-18-15(20-14)19-10-12-4-3-11(9-17)8-13(12)16/h3-6,8H,2,7,9-10,17H2,1H3,(H,18,19,20). The smallest absolute Gasteiger partial charge is 0.226 e. The molecule has 1 heterocycles. The zero-order valence-electron chi connectivity index (χ0n) is 12.0. The molecule has 0 spiro atoms. The van der Waals surface area contributed by atoms with E-state index in [1.165, 1.54) is 6.07 Å². The fourth-order valence-electron chi connectivity index (χ4n) is 1.75. The van der Waals surface area contributed by atoms with Crippen LogP contribution in [0.2, 0.25) is 0 Å². The molecule has 0 fully saturated rings. The molecule has 6 heteroatoms. The van der Waals surface area contributed by atoms with Gasteiger partial charge in [0.2, 0.25) is 11.8 Å². The van der Waals surface area contributed by atoms with Crippen LogP contribution in [0.3, 0.4) is 0 Å². The van der Waals surface area contributed by atoms with Crippen LogP contribution in [0.15, 0.2) is 30.5 Å². The Bertz CT molecular complexity index is 592. The van der Waals surface area contributed by atoms with Gasteiger partial charge in [-0.05, 0) is 18.1 Å². The van der Waals surface area contributed by atoms with E-state index in [4.69, 9.17) is 10.5 Å². The number of nitrogens with two attached hydrogens (primary N) is 1. The van der Waals surface area contributed by atoms with Crippen LogP contribution in [-0.4, -0.2) is 16.6 Å². The first kappa shape index (κ1) is 15.2. The van der Waals surface area contributed by atoms with Crippen molar-refractivity contribution in [1.82, 2.24) is 9.97 Å². The second-order valence-corrected chi connectivity index (χ2v) is 4.55. The lowest BCUT2D eigenvalue weighted by Gasteiger charge is -2.08. The first-order valence-corrected chi connectivity index (χ1v) is 6.90. The summed E-state index contributed by atoms with van der Waals surface area (Å²) in [5.74, 6) is 0.628. The third-order valence-electron chi connectivity index (χ3n) is 2.87. The molecule has 2 aromatic rings. The number of ether oxygens (including phenoxy) is 1. The summed E-state index contributed by atoms with van der Waals surface area (Å²) in [6.07, 6.45) is 2.51. The Morgan fingerprint density at radius 2 is 2.19 bits per heavy atom. The highest BCUT2D eigenvalue weighted by molar-refractivity contribution is 5.31. The van der Waals surface area contributed by atoms with E-state index in [1.807, 2.05) is 13.0 Å². The van der Waals surface area contributed by atoms with Crippen LogP contribution in [0, 0.1) is 5.82 Å². The van der Waals surface area contributed by atoms with Crippen LogP contribution in [0.1, 0.15) is 24.5 Å². The molecular weight excluding hydrogens is 271 g/mol. The number of rotatable bonds is 7. The molecule has 0 radical (unpaired) electrons. The Balaban J connectivity index is 1.99. The largest absolute Gasteiger partial charge is 0.478 e. The van der Waals surface area contributed by atoms with Crippen molar-refractivity contribution in [2.45, 2.75) is 26.4 Å². The minimum atomic E-state index is -0.288. The number of nitrogens with one attached hydrogen (secondary N) is 1. The van der Waals surface area contributed by atoms with E-state index in [2.05, 4.69) is 15.3 Å². The molecule has 0 aliphatic heterocycles. The molecule has 1 aromatic heterocycles. The molecule has 21 heavy (non-hydrogen) atoms. The second kappa shape index (κ2) is 7.54. The molecular formula is C15H19FN4O. The average molecular weight is 290 g/mol. The molecule has 5 nitrogen and oxygen atoms in total. The summed E-state index contributed by atoms with van der Waals surface area (Å²) < 4.78 is 19.2. The van der Waals surface area contributed by atoms with E-state index in [-0.39, 0.29) is 5.82 Å². The number of hydrogen-bond donors (Lipinski definition) is 2. The fraction of sp³-hybridized carbons (Fsp3) is 0.333. The zero-order valence-corrected chi connectivity index (χ0v) is 12.0. The van der Waals surface area contributed by atoms with E-state index in [9.17, 15) is 4.39 Å². The predicted octanol–water partition coefficient (Wildman–Crippen LogP) is 2.48. The van der Waals surface area contributed by atoms with Gasteiger partial charge in [0.05, 0.1) is 6.61 Å². The van der Waals surface area contributed by atoms with Crippen molar-refractivity contribution in [1.29, 1.82) is 0 Å². The molecule has 112 valence electrons. The van der Waals surface area contributed by atoms with E-state index in [1.54, 1.807) is 18.3 Å². The van der Waals surface area contributed by atoms with E-state index in [0.717, 1.165) is 12.0 Å². The SMILES string of the molecule is CCCOc1ccnc(NCc2ccc(CN)cc2F)n1. The van der Waals surface area contributed by atoms with Crippen molar-refractivity contribution in [3.63, 3.8) is 0 Å². The number of anilines is 1. The van der Waals surface area contributed by atoms with Gasteiger partial charge in [0.1, 0.15) is 5.82 Å². The second-order valence-electron chi connectivity index (χ2n) is 4.55. The van der Waals surface area contributed by atoms with Crippen molar-refractivity contribution in [3.05, 3.63) is 47.4 Å². The Morgan fingerprint density at radius 1 is 1.33 bits per heavy atom. The topological polar surface area (TPSA) is 73.1 Å². The molecule has 0 bridgehead atoms. The van der Waals surface area contributed by atoms with Gasteiger partial charge >= 0.3 is 0 Å². The molecule has 1 aromatic carbocycles. The van der Waals surface area contributed by atoms with Gasteiger partial charge in [0.15, 0.2) is 0 Å². The zero-order chi connectivity index (χ0) is 15.1. The van der Waals surface area contributed by atoms with Crippen LogP contribution in [0.25, 0.3) is 0 Å². The number of halogens is 1. The Kier molecular flexibility index (Phi) is 5.45. The summed E-state index contributed by atoms with van der Waals surface area (Å²) >= 11 is 0. The highest BCUT2D eigenvalue weighted by Crippen LogP contribution is 2.13. The third-order valence-corrected chi connectivity index (χ3v) is 2.87. The van der Waals surface area contributed by atoms with Crippen LogP contribution in [0.5, 0.6) is 5.88 Å². The van der Waals surface area contributed by atoms with Gasteiger partial charge < -0.3 is 15.8 Å². The highest BCUT2D eigenvalue weighted by atomic mass is 19.1. The fourth-order valence-corrected chi connectivity index (χ4v) is 1.75. The quantitative estimate of drug-likeness (QED) is 0.819. The average Bonchev–Trinajstić information content (AvgIpc) is 2.52. The third kappa shape index (κ3) is 4.39. The van der Waals surface area contributed by atoms with Crippen LogP contribution >= 0.6 is 0 Å². The van der Waals surface area contributed by atoms with Crippen LogP contribution < -0.4 is 15.8 Å². The molecule has 0 unspecified atom stereocenters. The molecule has 0 aliphatic carbocycles. The molecule has 0 saturated heterocycles. The highest BCUT2D eigenvalue weighted by Gasteiger charge is 2.05. The van der Waals surface area contributed by atoms with E-state index in [0.29, 0.717) is 37.1 Å². The molecule has 0 atom stereocenters. The van der Waals surface area contributed by atoms with Gasteiger partial charge in [-0.2, -0.15) is 4.98 Å². The van der Waals surface area contributed by atoms with Crippen LogP contribution in [0.4, 0.5) is 10.3 Å². The summed E-state index contributed by atoms with van der Waals surface area (Å²) in [7, 11) is 0. The van der Waals surface area contributed by atoms with Gasteiger partial charge in [-0.25, -0.2) is 9.37 Å². The minimum absolute atomic E-state index is 0.288. The Labute approximate surface area is 123 Å².